The van der Waals surface area contributed by atoms with Crippen LogP contribution in [0, 0.1) is 11.6 Å². The Bertz CT molecular complexity index is 811. The van der Waals surface area contributed by atoms with Crippen LogP contribution in [-0.2, 0) is 0 Å². The van der Waals surface area contributed by atoms with Gasteiger partial charge in [0.25, 0.3) is 0 Å². The summed E-state index contributed by atoms with van der Waals surface area (Å²) in [6.45, 7) is 0. The maximum atomic E-state index is 13.5. The average Bonchev–Trinajstić information content (AvgIpc) is 2.79. The van der Waals surface area contributed by atoms with E-state index in [-0.39, 0.29) is 5.56 Å². The van der Waals surface area contributed by atoms with Crippen molar-refractivity contribution in [2.45, 2.75) is 0 Å². The Labute approximate surface area is 118 Å². The number of hydrogen-bond acceptors (Lipinski definition) is 2. The number of rotatable bonds is 2. The first-order chi connectivity index (χ1) is 9.61. The number of hydrogen-bond donors (Lipinski definition) is 0. The molecule has 20 heavy (non-hydrogen) atoms. The predicted molar refractivity (Wildman–Crippen MR) is 74.3 cm³/mol. The zero-order valence-electron chi connectivity index (χ0n) is 10.1. The van der Waals surface area contributed by atoms with Gasteiger partial charge in [0.2, 0.25) is 5.89 Å². The van der Waals surface area contributed by atoms with E-state index in [0.29, 0.717) is 22.0 Å². The van der Waals surface area contributed by atoms with E-state index in [1.54, 1.807) is 18.2 Å². The highest BCUT2D eigenvalue weighted by Gasteiger charge is 2.04. The molecule has 0 aliphatic heterocycles. The first-order valence-electron chi connectivity index (χ1n) is 5.81. The van der Waals surface area contributed by atoms with Crippen LogP contribution in [0.3, 0.4) is 0 Å². The molecule has 0 bridgehead atoms. The van der Waals surface area contributed by atoms with Crippen LogP contribution in [-0.4, -0.2) is 4.98 Å². The van der Waals surface area contributed by atoms with Gasteiger partial charge < -0.3 is 4.42 Å². The van der Waals surface area contributed by atoms with Crippen LogP contribution in [0.25, 0.3) is 23.3 Å². The highest BCUT2D eigenvalue weighted by molar-refractivity contribution is 6.31. The van der Waals surface area contributed by atoms with E-state index in [1.807, 2.05) is 0 Å². The van der Waals surface area contributed by atoms with Crippen molar-refractivity contribution < 1.29 is 13.2 Å². The molecule has 3 rings (SSSR count). The summed E-state index contributed by atoms with van der Waals surface area (Å²) in [5.41, 5.74) is 1.47. The van der Waals surface area contributed by atoms with Crippen molar-refractivity contribution in [3.63, 3.8) is 0 Å². The summed E-state index contributed by atoms with van der Waals surface area (Å²) in [5.74, 6) is -0.928. The summed E-state index contributed by atoms with van der Waals surface area (Å²) in [5, 5.41) is 0.561. The van der Waals surface area contributed by atoms with Gasteiger partial charge >= 0.3 is 0 Å². The summed E-state index contributed by atoms with van der Waals surface area (Å²) >= 11 is 5.85. The third-order valence-electron chi connectivity index (χ3n) is 2.73. The minimum Gasteiger partial charge on any atom is -0.437 e. The van der Waals surface area contributed by atoms with Crippen molar-refractivity contribution in [2.24, 2.45) is 0 Å². The Morgan fingerprint density at radius 1 is 1.05 bits per heavy atom. The number of aromatic nitrogens is 1. The van der Waals surface area contributed by atoms with E-state index < -0.39 is 11.6 Å². The normalized spacial score (nSPS) is 11.6. The van der Waals surface area contributed by atoms with E-state index >= 15 is 0 Å². The molecule has 0 saturated carbocycles. The van der Waals surface area contributed by atoms with Gasteiger partial charge in [-0.05, 0) is 36.4 Å². The fourth-order valence-corrected chi connectivity index (χ4v) is 1.95. The van der Waals surface area contributed by atoms with Crippen molar-refractivity contribution in [3.05, 3.63) is 64.5 Å². The number of fused-ring (bicyclic) bond motifs is 1. The largest absolute Gasteiger partial charge is 0.437 e. The van der Waals surface area contributed by atoms with Crippen LogP contribution in [0.5, 0.6) is 0 Å². The van der Waals surface area contributed by atoms with Crippen LogP contribution in [0.15, 0.2) is 40.8 Å². The van der Waals surface area contributed by atoms with Gasteiger partial charge in [-0.2, -0.15) is 0 Å². The van der Waals surface area contributed by atoms with Gasteiger partial charge in [0, 0.05) is 22.7 Å². The topological polar surface area (TPSA) is 26.0 Å². The quantitative estimate of drug-likeness (QED) is 0.669. The smallest absolute Gasteiger partial charge is 0.220 e. The Kier molecular flexibility index (Phi) is 3.24. The maximum absolute atomic E-state index is 13.5. The Morgan fingerprint density at radius 2 is 1.90 bits per heavy atom. The van der Waals surface area contributed by atoms with Gasteiger partial charge in [-0.15, -0.1) is 0 Å². The Hall–Kier alpha value is -2.20. The summed E-state index contributed by atoms with van der Waals surface area (Å²) in [6, 6.07) is 8.44. The standard InChI is InChI=1S/C15H8ClF2NO/c16-10-3-5-14-13(7-10)19-15(20-14)6-2-9-1-4-11(17)8-12(9)18/h1-8H/b6-2+. The van der Waals surface area contributed by atoms with E-state index in [9.17, 15) is 8.78 Å². The zero-order valence-corrected chi connectivity index (χ0v) is 10.9. The van der Waals surface area contributed by atoms with Gasteiger partial charge in [-0.25, -0.2) is 13.8 Å². The van der Waals surface area contributed by atoms with E-state index in [0.717, 1.165) is 6.07 Å². The molecule has 0 aliphatic rings. The molecule has 1 heterocycles. The van der Waals surface area contributed by atoms with Crippen molar-refractivity contribution in [2.75, 3.05) is 0 Å². The molecule has 0 fully saturated rings. The highest BCUT2D eigenvalue weighted by Crippen LogP contribution is 2.21. The second kappa shape index (κ2) is 5.06. The lowest BCUT2D eigenvalue weighted by atomic mass is 10.2. The minimum absolute atomic E-state index is 0.256. The van der Waals surface area contributed by atoms with Crippen LogP contribution >= 0.6 is 11.6 Å². The van der Waals surface area contributed by atoms with E-state index in [4.69, 9.17) is 16.0 Å². The monoisotopic (exact) mass is 291 g/mol. The molecular formula is C15H8ClF2NO. The molecular weight excluding hydrogens is 284 g/mol. The van der Waals surface area contributed by atoms with Crippen molar-refractivity contribution in [1.29, 1.82) is 0 Å². The molecule has 0 N–H and O–H groups in total. The number of halogens is 3. The lowest BCUT2D eigenvalue weighted by Gasteiger charge is -1.95. The second-order valence-electron chi connectivity index (χ2n) is 4.16. The summed E-state index contributed by atoms with van der Waals surface area (Å²) in [4.78, 5) is 4.20. The fourth-order valence-electron chi connectivity index (χ4n) is 1.79. The zero-order chi connectivity index (χ0) is 14.1. The number of nitrogens with zero attached hydrogens (tertiary/aromatic N) is 1. The maximum Gasteiger partial charge on any atom is 0.220 e. The molecule has 0 spiro atoms. The first-order valence-corrected chi connectivity index (χ1v) is 6.19. The third-order valence-corrected chi connectivity index (χ3v) is 2.97. The first kappa shape index (κ1) is 12.8. The SMILES string of the molecule is Fc1ccc(/C=C/c2nc3cc(Cl)ccc3o2)c(F)c1. The minimum atomic E-state index is -0.639. The van der Waals surface area contributed by atoms with Gasteiger partial charge in [0.05, 0.1) is 0 Å². The predicted octanol–water partition coefficient (Wildman–Crippen LogP) is 4.93. The summed E-state index contributed by atoms with van der Waals surface area (Å²) in [6.07, 6.45) is 2.99. The summed E-state index contributed by atoms with van der Waals surface area (Å²) < 4.78 is 31.7. The van der Waals surface area contributed by atoms with Gasteiger partial charge in [-0.1, -0.05) is 11.6 Å². The second-order valence-corrected chi connectivity index (χ2v) is 4.60. The van der Waals surface area contributed by atoms with Gasteiger partial charge in [-0.3, -0.25) is 0 Å². The molecule has 1 aromatic heterocycles. The van der Waals surface area contributed by atoms with Crippen LogP contribution in [0.2, 0.25) is 5.02 Å². The fraction of sp³-hybridized carbons (Fsp3) is 0. The van der Waals surface area contributed by atoms with Gasteiger partial charge in [0.15, 0.2) is 5.58 Å². The number of benzene rings is 2. The van der Waals surface area contributed by atoms with E-state index in [1.165, 1.54) is 24.3 Å². The molecule has 2 aromatic carbocycles. The molecule has 5 heteroatoms. The molecule has 100 valence electrons. The van der Waals surface area contributed by atoms with Crippen LogP contribution < -0.4 is 0 Å². The van der Waals surface area contributed by atoms with Crippen molar-refractivity contribution >= 4 is 34.9 Å². The average molecular weight is 292 g/mol. The number of oxazole rings is 1. The van der Waals surface area contributed by atoms with Crippen LogP contribution in [0.1, 0.15) is 11.5 Å². The molecule has 3 aromatic rings. The van der Waals surface area contributed by atoms with Crippen molar-refractivity contribution in [1.82, 2.24) is 4.98 Å². The lowest BCUT2D eigenvalue weighted by Crippen LogP contribution is -1.83. The van der Waals surface area contributed by atoms with Gasteiger partial charge in [0.1, 0.15) is 17.2 Å². The lowest BCUT2D eigenvalue weighted by molar-refractivity contribution is 0.581. The van der Waals surface area contributed by atoms with Crippen LogP contribution in [0.4, 0.5) is 8.78 Å². The molecule has 0 aliphatic carbocycles. The molecule has 0 radical (unpaired) electrons. The Morgan fingerprint density at radius 3 is 2.70 bits per heavy atom. The molecule has 0 saturated heterocycles. The summed E-state index contributed by atoms with van der Waals surface area (Å²) in [7, 11) is 0. The Balaban J connectivity index is 1.94. The van der Waals surface area contributed by atoms with Crippen molar-refractivity contribution in [3.8, 4) is 0 Å². The van der Waals surface area contributed by atoms with E-state index in [2.05, 4.69) is 4.98 Å². The highest BCUT2D eigenvalue weighted by atomic mass is 35.5. The molecule has 0 unspecified atom stereocenters. The molecule has 0 atom stereocenters. The molecule has 0 amide bonds. The third kappa shape index (κ3) is 2.56. The molecule has 2 nitrogen and oxygen atoms in total.